The van der Waals surface area contributed by atoms with Crippen LogP contribution in [0.25, 0.3) is 0 Å². The zero-order valence-corrected chi connectivity index (χ0v) is 12.0. The van der Waals surface area contributed by atoms with E-state index in [0.29, 0.717) is 23.9 Å². The maximum atomic E-state index is 11.8. The van der Waals surface area contributed by atoms with Crippen LogP contribution in [0.3, 0.4) is 0 Å². The highest BCUT2D eigenvalue weighted by Gasteiger charge is 2.13. The molecule has 1 amide bonds. The Hall–Kier alpha value is -1.85. The molecule has 0 fully saturated rings. The summed E-state index contributed by atoms with van der Waals surface area (Å²) in [4.78, 5) is 11.8. The van der Waals surface area contributed by atoms with Crippen molar-refractivity contribution in [1.29, 1.82) is 0 Å². The van der Waals surface area contributed by atoms with Gasteiger partial charge in [-0.2, -0.15) is 5.10 Å². The van der Waals surface area contributed by atoms with Gasteiger partial charge in [0.05, 0.1) is 12.7 Å². The van der Waals surface area contributed by atoms with Crippen molar-refractivity contribution < 1.29 is 4.79 Å². The van der Waals surface area contributed by atoms with Gasteiger partial charge in [0.2, 0.25) is 5.91 Å². The molecule has 0 spiro atoms. The maximum absolute atomic E-state index is 11.8. The first-order chi connectivity index (χ1) is 9.60. The summed E-state index contributed by atoms with van der Waals surface area (Å²) >= 11 is 5.85. The van der Waals surface area contributed by atoms with Crippen molar-refractivity contribution in [1.82, 2.24) is 9.78 Å². The number of amides is 1. The molecule has 0 bridgehead atoms. The summed E-state index contributed by atoms with van der Waals surface area (Å²) in [7, 11) is 0. The molecule has 0 saturated heterocycles. The van der Waals surface area contributed by atoms with Gasteiger partial charge in [-0.25, -0.2) is 4.68 Å². The smallest absolute Gasteiger partial charge is 0.229 e. The Morgan fingerprint density at radius 1 is 1.40 bits per heavy atom. The lowest BCUT2D eigenvalue weighted by molar-refractivity contribution is -0.119. The van der Waals surface area contributed by atoms with Crippen LogP contribution >= 0.6 is 11.6 Å². The number of anilines is 1. The highest BCUT2D eigenvalue weighted by atomic mass is 35.5. The van der Waals surface area contributed by atoms with Gasteiger partial charge in [-0.15, -0.1) is 0 Å². The van der Waals surface area contributed by atoms with E-state index in [2.05, 4.69) is 10.4 Å². The number of nitrogens with zero attached hydrogens (tertiary/aromatic N) is 2. The van der Waals surface area contributed by atoms with Crippen LogP contribution in [0.1, 0.15) is 12.5 Å². The van der Waals surface area contributed by atoms with Crippen molar-refractivity contribution >= 4 is 23.3 Å². The third-order valence-corrected chi connectivity index (χ3v) is 3.27. The number of nitrogens with one attached hydrogen (secondary N) is 1. The molecule has 0 aliphatic rings. The van der Waals surface area contributed by atoms with E-state index in [-0.39, 0.29) is 11.8 Å². The van der Waals surface area contributed by atoms with Crippen molar-refractivity contribution in [2.45, 2.75) is 13.5 Å². The van der Waals surface area contributed by atoms with Crippen LogP contribution in [0.5, 0.6) is 0 Å². The Labute approximate surface area is 122 Å². The van der Waals surface area contributed by atoms with Gasteiger partial charge in [-0.05, 0) is 17.7 Å². The maximum Gasteiger partial charge on any atom is 0.229 e. The summed E-state index contributed by atoms with van der Waals surface area (Å²) in [5.74, 6) is 0.324. The minimum atomic E-state index is -0.228. The summed E-state index contributed by atoms with van der Waals surface area (Å²) < 4.78 is 1.73. The van der Waals surface area contributed by atoms with Crippen molar-refractivity contribution in [3.05, 3.63) is 47.1 Å². The van der Waals surface area contributed by atoms with Crippen LogP contribution in [0.2, 0.25) is 5.02 Å². The Bertz CT molecular complexity index is 579. The molecule has 1 atom stereocenters. The molecule has 1 aromatic heterocycles. The van der Waals surface area contributed by atoms with E-state index < -0.39 is 0 Å². The first-order valence-electron chi connectivity index (χ1n) is 6.37. The molecular formula is C14H17ClN4O. The number of hydrogen-bond donors (Lipinski definition) is 2. The number of benzene rings is 1. The third-order valence-electron chi connectivity index (χ3n) is 3.01. The first kappa shape index (κ1) is 14.6. The molecule has 1 aromatic carbocycles. The predicted octanol–water partition coefficient (Wildman–Crippen LogP) is 2.12. The number of carbonyl (C=O) groups excluding carboxylic acids is 1. The van der Waals surface area contributed by atoms with E-state index in [1.165, 1.54) is 0 Å². The SMILES string of the molecule is CC(CN)C(=O)Nc1ccnn1Cc1ccc(Cl)cc1. The molecule has 2 aromatic rings. The minimum absolute atomic E-state index is 0.106. The summed E-state index contributed by atoms with van der Waals surface area (Å²) in [6, 6.07) is 9.28. The summed E-state index contributed by atoms with van der Waals surface area (Å²) in [5, 5.41) is 7.73. The molecule has 0 saturated carbocycles. The molecule has 0 aliphatic carbocycles. The van der Waals surface area contributed by atoms with Crippen molar-refractivity contribution in [3.8, 4) is 0 Å². The quantitative estimate of drug-likeness (QED) is 0.886. The van der Waals surface area contributed by atoms with Crippen molar-refractivity contribution in [2.24, 2.45) is 11.7 Å². The zero-order chi connectivity index (χ0) is 14.5. The summed E-state index contributed by atoms with van der Waals surface area (Å²) in [6.07, 6.45) is 1.65. The lowest BCUT2D eigenvalue weighted by Gasteiger charge is -2.12. The molecular weight excluding hydrogens is 276 g/mol. The molecule has 6 heteroatoms. The molecule has 1 heterocycles. The lowest BCUT2D eigenvalue weighted by Crippen LogP contribution is -2.27. The van der Waals surface area contributed by atoms with Crippen LogP contribution < -0.4 is 11.1 Å². The van der Waals surface area contributed by atoms with Gasteiger partial charge in [-0.3, -0.25) is 4.79 Å². The molecule has 2 rings (SSSR count). The van der Waals surface area contributed by atoms with Crippen molar-refractivity contribution in [2.75, 3.05) is 11.9 Å². The zero-order valence-electron chi connectivity index (χ0n) is 11.2. The highest BCUT2D eigenvalue weighted by molar-refractivity contribution is 6.30. The second-order valence-electron chi connectivity index (χ2n) is 4.63. The average Bonchev–Trinajstić information content (AvgIpc) is 2.87. The standard InChI is InChI=1S/C14H17ClN4O/c1-10(8-16)14(20)18-13-6-7-17-19(13)9-11-2-4-12(15)5-3-11/h2-7,10H,8-9,16H2,1H3,(H,18,20). The van der Waals surface area contributed by atoms with Gasteiger partial charge >= 0.3 is 0 Å². The average molecular weight is 293 g/mol. The molecule has 3 N–H and O–H groups in total. The highest BCUT2D eigenvalue weighted by Crippen LogP contribution is 2.14. The number of nitrogens with two attached hydrogens (primary N) is 1. The Morgan fingerprint density at radius 2 is 2.10 bits per heavy atom. The van der Waals surface area contributed by atoms with Crippen LogP contribution in [-0.2, 0) is 11.3 Å². The van der Waals surface area contributed by atoms with E-state index in [1.807, 2.05) is 24.3 Å². The Balaban J connectivity index is 2.08. The number of aromatic nitrogens is 2. The summed E-state index contributed by atoms with van der Waals surface area (Å²) in [6.45, 7) is 2.67. The minimum Gasteiger partial charge on any atom is -0.330 e. The third kappa shape index (κ3) is 3.59. The molecule has 1 unspecified atom stereocenters. The number of rotatable bonds is 5. The van der Waals surface area contributed by atoms with E-state index in [4.69, 9.17) is 17.3 Å². The van der Waals surface area contributed by atoms with Gasteiger partial charge in [-0.1, -0.05) is 30.7 Å². The number of hydrogen-bond acceptors (Lipinski definition) is 3. The second-order valence-corrected chi connectivity index (χ2v) is 5.06. The van der Waals surface area contributed by atoms with Gasteiger partial charge in [0.25, 0.3) is 0 Å². The van der Waals surface area contributed by atoms with Gasteiger partial charge in [0, 0.05) is 23.6 Å². The first-order valence-corrected chi connectivity index (χ1v) is 6.75. The second kappa shape index (κ2) is 6.54. The Kier molecular flexibility index (Phi) is 4.76. The monoisotopic (exact) mass is 292 g/mol. The predicted molar refractivity (Wildman–Crippen MR) is 79.6 cm³/mol. The van der Waals surface area contributed by atoms with E-state index in [1.54, 1.807) is 23.9 Å². The molecule has 0 aliphatic heterocycles. The van der Waals surface area contributed by atoms with E-state index in [0.717, 1.165) is 5.56 Å². The topological polar surface area (TPSA) is 72.9 Å². The fourth-order valence-electron chi connectivity index (χ4n) is 1.68. The van der Waals surface area contributed by atoms with Crippen LogP contribution in [0, 0.1) is 5.92 Å². The van der Waals surface area contributed by atoms with E-state index in [9.17, 15) is 4.79 Å². The fourth-order valence-corrected chi connectivity index (χ4v) is 1.81. The lowest BCUT2D eigenvalue weighted by atomic mass is 10.2. The molecule has 5 nitrogen and oxygen atoms in total. The molecule has 0 radical (unpaired) electrons. The van der Waals surface area contributed by atoms with Gasteiger partial charge < -0.3 is 11.1 Å². The number of halogens is 1. The van der Waals surface area contributed by atoms with Crippen LogP contribution in [-0.4, -0.2) is 22.2 Å². The van der Waals surface area contributed by atoms with Crippen molar-refractivity contribution in [3.63, 3.8) is 0 Å². The summed E-state index contributed by atoms with van der Waals surface area (Å²) in [5.41, 5.74) is 6.54. The van der Waals surface area contributed by atoms with Crippen LogP contribution in [0.4, 0.5) is 5.82 Å². The van der Waals surface area contributed by atoms with E-state index >= 15 is 0 Å². The largest absolute Gasteiger partial charge is 0.330 e. The molecule has 106 valence electrons. The van der Waals surface area contributed by atoms with Gasteiger partial charge in [0.15, 0.2) is 0 Å². The number of carbonyl (C=O) groups is 1. The van der Waals surface area contributed by atoms with Gasteiger partial charge in [0.1, 0.15) is 5.82 Å². The fraction of sp³-hybridized carbons (Fsp3) is 0.286. The molecule has 20 heavy (non-hydrogen) atoms. The van der Waals surface area contributed by atoms with Crippen LogP contribution in [0.15, 0.2) is 36.5 Å². The Morgan fingerprint density at radius 3 is 2.75 bits per heavy atom. The normalized spacial score (nSPS) is 12.2.